The summed E-state index contributed by atoms with van der Waals surface area (Å²) < 4.78 is 7.99. The van der Waals surface area contributed by atoms with Gasteiger partial charge in [0.05, 0.1) is 6.04 Å². The number of carbonyl (C=O) groups is 1. The van der Waals surface area contributed by atoms with Gasteiger partial charge in [0.25, 0.3) is 0 Å². The molecule has 7 heteroatoms. The largest absolute Gasteiger partial charge is 0.487 e. The quantitative estimate of drug-likeness (QED) is 0.903. The average molecular weight is 341 g/mol. The predicted molar refractivity (Wildman–Crippen MR) is 90.8 cm³/mol. The fourth-order valence-corrected chi connectivity index (χ4v) is 4.02. The van der Waals surface area contributed by atoms with E-state index in [0.717, 1.165) is 30.6 Å². The summed E-state index contributed by atoms with van der Waals surface area (Å²) in [7, 11) is 0. The zero-order chi connectivity index (χ0) is 17.1. The van der Waals surface area contributed by atoms with Gasteiger partial charge in [-0.3, -0.25) is 4.79 Å². The Hall–Kier alpha value is -2.44. The van der Waals surface area contributed by atoms with Crippen LogP contribution < -0.4 is 10.1 Å². The lowest BCUT2D eigenvalue weighted by molar-refractivity contribution is -0.122. The van der Waals surface area contributed by atoms with Gasteiger partial charge in [0.1, 0.15) is 17.7 Å². The van der Waals surface area contributed by atoms with Crippen molar-refractivity contribution >= 4 is 5.91 Å². The summed E-state index contributed by atoms with van der Waals surface area (Å²) in [6, 6.07) is 8.11. The Balaban J connectivity index is 1.40. The third-order valence-corrected chi connectivity index (χ3v) is 5.23. The summed E-state index contributed by atoms with van der Waals surface area (Å²) in [4.78, 5) is 12.4. The second kappa shape index (κ2) is 6.82. The van der Waals surface area contributed by atoms with Crippen molar-refractivity contribution in [3.05, 3.63) is 36.2 Å². The lowest BCUT2D eigenvalue weighted by atomic mass is 9.86. The minimum Gasteiger partial charge on any atom is -0.487 e. The highest BCUT2D eigenvalue weighted by Crippen LogP contribution is 2.46. The number of rotatable bonds is 5. The van der Waals surface area contributed by atoms with Gasteiger partial charge in [-0.15, -0.1) is 5.10 Å². The molecule has 1 aliphatic carbocycles. The molecular weight excluding hydrogens is 318 g/mol. The summed E-state index contributed by atoms with van der Waals surface area (Å²) in [6.45, 7) is 0.648. The van der Waals surface area contributed by atoms with Crippen molar-refractivity contribution in [1.29, 1.82) is 0 Å². The van der Waals surface area contributed by atoms with Crippen LogP contribution in [0.25, 0.3) is 0 Å². The van der Waals surface area contributed by atoms with Crippen LogP contribution in [0.3, 0.4) is 0 Å². The molecule has 132 valence electrons. The van der Waals surface area contributed by atoms with E-state index in [1.807, 2.05) is 18.2 Å². The first kappa shape index (κ1) is 16.1. The van der Waals surface area contributed by atoms with Gasteiger partial charge in [0.2, 0.25) is 5.91 Å². The van der Waals surface area contributed by atoms with Crippen molar-refractivity contribution in [3.63, 3.8) is 0 Å². The maximum atomic E-state index is 12.4. The molecule has 0 bridgehead atoms. The van der Waals surface area contributed by atoms with Crippen molar-refractivity contribution in [2.75, 3.05) is 0 Å². The lowest BCUT2D eigenvalue weighted by Gasteiger charge is -2.40. The number of nitrogens with one attached hydrogen (secondary N) is 1. The van der Waals surface area contributed by atoms with Crippen molar-refractivity contribution < 1.29 is 9.53 Å². The Morgan fingerprint density at radius 1 is 1.32 bits per heavy atom. The fraction of sp³-hybridized carbons (Fsp3) is 0.556. The van der Waals surface area contributed by atoms with E-state index >= 15 is 0 Å². The van der Waals surface area contributed by atoms with Crippen LogP contribution in [-0.4, -0.2) is 31.7 Å². The number of hydrogen-bond acceptors (Lipinski definition) is 5. The molecule has 1 spiro atoms. The Morgan fingerprint density at radius 2 is 2.16 bits per heavy atom. The highest BCUT2D eigenvalue weighted by Gasteiger charge is 2.43. The van der Waals surface area contributed by atoms with Gasteiger partial charge in [0, 0.05) is 24.9 Å². The Kier molecular flexibility index (Phi) is 4.38. The second-order valence-electron chi connectivity index (χ2n) is 7.03. The number of benzene rings is 1. The van der Waals surface area contributed by atoms with Crippen LogP contribution in [0.15, 0.2) is 30.6 Å². The van der Waals surface area contributed by atoms with E-state index in [9.17, 15) is 4.79 Å². The molecule has 1 saturated carbocycles. The lowest BCUT2D eigenvalue weighted by Crippen LogP contribution is -2.43. The SMILES string of the molecule is O=C(CCCn1cnnn1)NC1CC2(CCCC2)Oc2ccccc21. The smallest absolute Gasteiger partial charge is 0.220 e. The zero-order valence-corrected chi connectivity index (χ0v) is 14.2. The molecule has 4 rings (SSSR count). The molecule has 1 amide bonds. The maximum absolute atomic E-state index is 12.4. The Bertz CT molecular complexity index is 725. The van der Waals surface area contributed by atoms with Crippen molar-refractivity contribution in [2.24, 2.45) is 0 Å². The number of fused-ring (bicyclic) bond motifs is 1. The molecule has 1 aromatic heterocycles. The third-order valence-electron chi connectivity index (χ3n) is 5.23. The zero-order valence-electron chi connectivity index (χ0n) is 14.2. The van der Waals surface area contributed by atoms with Crippen molar-refractivity contribution in [2.45, 2.75) is 63.1 Å². The standard InChI is InChI=1S/C18H23N5O2/c24-17(8-5-11-23-13-19-21-22-23)20-15-12-18(9-3-4-10-18)25-16-7-2-1-6-14(15)16/h1-2,6-7,13,15H,3-5,8-12H2,(H,20,24). The van der Waals surface area contributed by atoms with E-state index in [1.165, 1.54) is 12.8 Å². The molecule has 1 unspecified atom stereocenters. The minimum absolute atomic E-state index is 0.0311. The third kappa shape index (κ3) is 3.50. The number of para-hydroxylation sites is 1. The summed E-state index contributed by atoms with van der Waals surface area (Å²) in [5, 5.41) is 14.2. The molecule has 1 aliphatic heterocycles. The summed E-state index contributed by atoms with van der Waals surface area (Å²) in [6.07, 6.45) is 8.17. The average Bonchev–Trinajstić information content (AvgIpc) is 3.27. The second-order valence-corrected chi connectivity index (χ2v) is 7.03. The molecule has 2 aliphatic rings. The number of aromatic nitrogens is 4. The van der Waals surface area contributed by atoms with Gasteiger partial charge in [-0.25, -0.2) is 4.68 Å². The number of carbonyl (C=O) groups excluding carboxylic acids is 1. The van der Waals surface area contributed by atoms with E-state index < -0.39 is 0 Å². The first-order chi connectivity index (χ1) is 12.2. The van der Waals surface area contributed by atoms with Crippen molar-refractivity contribution in [3.8, 4) is 5.75 Å². The summed E-state index contributed by atoms with van der Waals surface area (Å²) in [5.41, 5.74) is 0.993. The molecule has 1 atom stereocenters. The monoisotopic (exact) mass is 341 g/mol. The van der Waals surface area contributed by atoms with Gasteiger partial charge >= 0.3 is 0 Å². The van der Waals surface area contributed by atoms with Gasteiger partial charge in [-0.1, -0.05) is 18.2 Å². The van der Waals surface area contributed by atoms with Gasteiger partial charge < -0.3 is 10.1 Å². The maximum Gasteiger partial charge on any atom is 0.220 e. The molecule has 7 nitrogen and oxygen atoms in total. The minimum atomic E-state index is -0.0985. The first-order valence-electron chi connectivity index (χ1n) is 9.02. The van der Waals surface area contributed by atoms with Crippen LogP contribution >= 0.6 is 0 Å². The van der Waals surface area contributed by atoms with Crippen LogP contribution in [0.4, 0.5) is 0 Å². The van der Waals surface area contributed by atoms with E-state index in [-0.39, 0.29) is 17.6 Å². The number of aryl methyl sites for hydroxylation is 1. The van der Waals surface area contributed by atoms with Crippen LogP contribution in [0.1, 0.15) is 56.6 Å². The number of hydrogen-bond donors (Lipinski definition) is 1. The topological polar surface area (TPSA) is 81.9 Å². The summed E-state index contributed by atoms with van der Waals surface area (Å²) >= 11 is 0. The molecule has 1 aromatic carbocycles. The highest BCUT2D eigenvalue weighted by atomic mass is 16.5. The molecule has 1 N–H and O–H groups in total. The number of ether oxygens (including phenoxy) is 1. The highest BCUT2D eigenvalue weighted by molar-refractivity contribution is 5.76. The molecule has 25 heavy (non-hydrogen) atoms. The van der Waals surface area contributed by atoms with E-state index in [4.69, 9.17) is 4.74 Å². The number of amides is 1. The number of nitrogens with zero attached hydrogens (tertiary/aromatic N) is 4. The van der Waals surface area contributed by atoms with Gasteiger partial charge in [-0.05, 0) is 48.6 Å². The number of tetrazole rings is 1. The molecule has 2 aromatic rings. The molecule has 2 heterocycles. The Morgan fingerprint density at radius 3 is 2.96 bits per heavy atom. The first-order valence-corrected chi connectivity index (χ1v) is 9.02. The predicted octanol–water partition coefficient (Wildman–Crippen LogP) is 2.41. The van der Waals surface area contributed by atoms with Gasteiger partial charge in [0.15, 0.2) is 0 Å². The Labute approximate surface area is 146 Å². The van der Waals surface area contributed by atoms with E-state index in [0.29, 0.717) is 19.4 Å². The van der Waals surface area contributed by atoms with Crippen LogP contribution in [0.2, 0.25) is 0 Å². The van der Waals surface area contributed by atoms with Crippen LogP contribution in [0.5, 0.6) is 5.75 Å². The molecular formula is C18H23N5O2. The van der Waals surface area contributed by atoms with Crippen LogP contribution in [0, 0.1) is 0 Å². The van der Waals surface area contributed by atoms with E-state index in [2.05, 4.69) is 26.9 Å². The van der Waals surface area contributed by atoms with Crippen LogP contribution in [-0.2, 0) is 11.3 Å². The summed E-state index contributed by atoms with van der Waals surface area (Å²) in [5.74, 6) is 0.998. The fourth-order valence-electron chi connectivity index (χ4n) is 4.02. The van der Waals surface area contributed by atoms with Crippen molar-refractivity contribution in [1.82, 2.24) is 25.5 Å². The molecule has 1 fully saturated rings. The normalized spacial score (nSPS) is 20.9. The van der Waals surface area contributed by atoms with Gasteiger partial charge in [-0.2, -0.15) is 0 Å². The molecule has 0 saturated heterocycles. The van der Waals surface area contributed by atoms with E-state index in [1.54, 1.807) is 11.0 Å². The molecule has 0 radical (unpaired) electrons.